The van der Waals surface area contributed by atoms with Crippen LogP contribution in [-0.2, 0) is 21.3 Å². The van der Waals surface area contributed by atoms with Gasteiger partial charge in [0.05, 0.1) is 11.4 Å². The number of carbonyl (C=O) groups is 1. The Morgan fingerprint density at radius 2 is 2.05 bits per heavy atom. The second kappa shape index (κ2) is 6.38. The average molecular weight is 312 g/mol. The predicted molar refractivity (Wildman–Crippen MR) is 66.4 cm³/mol. The number of rotatable bonds is 5. The first-order chi connectivity index (χ1) is 9.11. The molecule has 1 amide bonds. The van der Waals surface area contributed by atoms with Crippen LogP contribution < -0.4 is 5.32 Å². The first-order valence-corrected chi connectivity index (χ1v) is 7.13. The van der Waals surface area contributed by atoms with Gasteiger partial charge in [-0.25, -0.2) is 0 Å². The average Bonchev–Trinajstić information content (AvgIpc) is 2.65. The zero-order valence-electron chi connectivity index (χ0n) is 11.2. The van der Waals surface area contributed by atoms with Gasteiger partial charge in [0.2, 0.25) is 5.91 Å². The molecule has 0 aliphatic rings. The number of halogens is 3. The summed E-state index contributed by atoms with van der Waals surface area (Å²) in [6.45, 7) is 3.19. The second-order valence-electron chi connectivity index (χ2n) is 4.30. The van der Waals surface area contributed by atoms with E-state index in [1.807, 2.05) is 0 Å². The van der Waals surface area contributed by atoms with E-state index >= 15 is 0 Å². The smallest absolute Gasteiger partial charge is 0.361 e. The summed E-state index contributed by atoms with van der Waals surface area (Å²) < 4.78 is 52.8. The third kappa shape index (κ3) is 4.62. The Balaban J connectivity index is 2.61. The number of hydrogen-bond acceptors (Lipinski definition) is 4. The lowest BCUT2D eigenvalue weighted by molar-refractivity contribution is -0.137. The van der Waals surface area contributed by atoms with Crippen molar-refractivity contribution in [2.24, 2.45) is 0 Å². The van der Waals surface area contributed by atoms with Gasteiger partial charge in [-0.05, 0) is 20.8 Å². The summed E-state index contributed by atoms with van der Waals surface area (Å²) in [5, 5.41) is 4.35. The van der Waals surface area contributed by atoms with Crippen LogP contribution in [0.15, 0.2) is 4.52 Å². The summed E-state index contributed by atoms with van der Waals surface area (Å²) in [5.41, 5.74) is 1.16. The molecule has 5 nitrogen and oxygen atoms in total. The monoisotopic (exact) mass is 312 g/mol. The topological polar surface area (TPSA) is 72.2 Å². The highest BCUT2D eigenvalue weighted by Crippen LogP contribution is 2.17. The summed E-state index contributed by atoms with van der Waals surface area (Å²) in [4.78, 5) is 11.5. The van der Waals surface area contributed by atoms with Gasteiger partial charge >= 0.3 is 6.18 Å². The van der Waals surface area contributed by atoms with Crippen LogP contribution in [0.4, 0.5) is 13.2 Å². The molecule has 1 heterocycles. The quantitative estimate of drug-likeness (QED) is 0.896. The van der Waals surface area contributed by atoms with Gasteiger partial charge in [0, 0.05) is 16.4 Å². The molecule has 1 N–H and O–H groups in total. The van der Waals surface area contributed by atoms with Crippen LogP contribution in [0.1, 0.15) is 23.9 Å². The molecule has 1 aromatic rings. The Hall–Kier alpha value is -1.38. The van der Waals surface area contributed by atoms with Crippen molar-refractivity contribution in [1.29, 1.82) is 0 Å². The number of nitrogens with zero attached hydrogens (tertiary/aromatic N) is 1. The standard InChI is InChI=1S/C11H15F3N2O3S/c1-6-9(7(2)19-16-6)4-20(18)8(3)10(17)15-5-11(12,13)14/h8H,4-5H2,1-3H3,(H,15,17)/t8-,20-/m0/s1. The highest BCUT2D eigenvalue weighted by Gasteiger charge is 2.30. The van der Waals surface area contributed by atoms with Crippen molar-refractivity contribution in [3.63, 3.8) is 0 Å². The normalized spacial score (nSPS) is 14.9. The zero-order valence-corrected chi connectivity index (χ0v) is 12.0. The van der Waals surface area contributed by atoms with Crippen molar-refractivity contribution in [2.45, 2.75) is 38.0 Å². The van der Waals surface area contributed by atoms with E-state index in [0.29, 0.717) is 17.0 Å². The predicted octanol–water partition coefficient (Wildman–Crippen LogP) is 1.61. The Bertz CT molecular complexity index is 494. The van der Waals surface area contributed by atoms with E-state index < -0.39 is 34.7 Å². The molecule has 20 heavy (non-hydrogen) atoms. The molecule has 1 rings (SSSR count). The van der Waals surface area contributed by atoms with E-state index in [0.717, 1.165) is 0 Å². The molecule has 0 saturated carbocycles. The second-order valence-corrected chi connectivity index (χ2v) is 6.06. The Morgan fingerprint density at radius 3 is 2.50 bits per heavy atom. The zero-order chi connectivity index (χ0) is 15.5. The van der Waals surface area contributed by atoms with Crippen molar-refractivity contribution in [3.05, 3.63) is 17.0 Å². The number of aromatic nitrogens is 1. The number of amides is 1. The highest BCUT2D eigenvalue weighted by atomic mass is 32.2. The minimum atomic E-state index is -4.49. The molecular formula is C11H15F3N2O3S. The van der Waals surface area contributed by atoms with Crippen molar-refractivity contribution >= 4 is 16.7 Å². The van der Waals surface area contributed by atoms with Gasteiger partial charge in [-0.15, -0.1) is 0 Å². The van der Waals surface area contributed by atoms with Crippen molar-refractivity contribution in [2.75, 3.05) is 6.54 Å². The van der Waals surface area contributed by atoms with E-state index in [9.17, 15) is 22.2 Å². The van der Waals surface area contributed by atoms with Gasteiger partial charge in [0.1, 0.15) is 17.6 Å². The molecule has 0 saturated heterocycles. The van der Waals surface area contributed by atoms with E-state index in [-0.39, 0.29) is 5.75 Å². The summed E-state index contributed by atoms with van der Waals surface area (Å²) in [6, 6.07) is 0. The molecule has 0 unspecified atom stereocenters. The molecule has 0 spiro atoms. The number of aryl methyl sites for hydroxylation is 2. The Labute approximate surface area is 116 Å². The maximum atomic E-state index is 12.0. The summed E-state index contributed by atoms with van der Waals surface area (Å²) in [5.74, 6) is -0.395. The first-order valence-electron chi connectivity index (χ1n) is 5.75. The van der Waals surface area contributed by atoms with Gasteiger partial charge < -0.3 is 9.84 Å². The molecule has 0 aromatic carbocycles. The molecule has 9 heteroatoms. The van der Waals surface area contributed by atoms with E-state index in [1.165, 1.54) is 6.92 Å². The summed E-state index contributed by atoms with van der Waals surface area (Å²) in [7, 11) is -1.65. The fraction of sp³-hybridized carbons (Fsp3) is 0.636. The van der Waals surface area contributed by atoms with Crippen LogP contribution in [-0.4, -0.2) is 33.2 Å². The summed E-state index contributed by atoms with van der Waals surface area (Å²) in [6.07, 6.45) is -4.49. The van der Waals surface area contributed by atoms with Gasteiger partial charge in [0.25, 0.3) is 0 Å². The van der Waals surface area contributed by atoms with Crippen molar-refractivity contribution < 1.29 is 26.7 Å². The lowest BCUT2D eigenvalue weighted by atomic mass is 10.2. The van der Waals surface area contributed by atoms with E-state index in [1.54, 1.807) is 19.2 Å². The van der Waals surface area contributed by atoms with Crippen molar-refractivity contribution in [1.82, 2.24) is 10.5 Å². The largest absolute Gasteiger partial charge is 0.405 e. The van der Waals surface area contributed by atoms with Crippen molar-refractivity contribution in [3.8, 4) is 0 Å². The lowest BCUT2D eigenvalue weighted by Gasteiger charge is -2.13. The van der Waals surface area contributed by atoms with Crippen LogP contribution in [0.5, 0.6) is 0 Å². The highest BCUT2D eigenvalue weighted by molar-refractivity contribution is 7.85. The lowest BCUT2D eigenvalue weighted by Crippen LogP contribution is -2.40. The fourth-order valence-electron chi connectivity index (χ4n) is 1.43. The number of alkyl halides is 3. The van der Waals surface area contributed by atoms with Crippen LogP contribution >= 0.6 is 0 Å². The van der Waals surface area contributed by atoms with Crippen LogP contribution in [0.2, 0.25) is 0 Å². The molecule has 0 aliphatic carbocycles. The molecule has 0 bridgehead atoms. The first kappa shape index (κ1) is 16.7. The van der Waals surface area contributed by atoms with Crippen LogP contribution in [0.25, 0.3) is 0 Å². The Morgan fingerprint density at radius 1 is 1.45 bits per heavy atom. The minimum Gasteiger partial charge on any atom is -0.361 e. The van der Waals surface area contributed by atoms with E-state index in [2.05, 4.69) is 5.16 Å². The van der Waals surface area contributed by atoms with Gasteiger partial charge in [-0.1, -0.05) is 5.16 Å². The van der Waals surface area contributed by atoms with Gasteiger partial charge in [-0.3, -0.25) is 9.00 Å². The minimum absolute atomic E-state index is 0.0156. The third-order valence-electron chi connectivity index (χ3n) is 2.69. The maximum Gasteiger partial charge on any atom is 0.405 e. The van der Waals surface area contributed by atoms with Crippen LogP contribution in [0.3, 0.4) is 0 Å². The third-order valence-corrected chi connectivity index (χ3v) is 4.27. The van der Waals surface area contributed by atoms with Gasteiger partial charge in [0.15, 0.2) is 0 Å². The molecule has 1 aromatic heterocycles. The SMILES string of the molecule is Cc1noc(C)c1C[S@](=O)[C@@H](C)C(=O)NCC(F)(F)F. The molecule has 0 radical (unpaired) electrons. The fourth-order valence-corrected chi connectivity index (χ4v) is 2.69. The molecule has 114 valence electrons. The number of carbonyl (C=O) groups excluding carboxylic acids is 1. The molecule has 0 aliphatic heterocycles. The number of nitrogens with one attached hydrogen (secondary N) is 1. The molecule has 2 atom stereocenters. The van der Waals surface area contributed by atoms with Crippen LogP contribution in [0, 0.1) is 13.8 Å². The number of hydrogen-bond donors (Lipinski definition) is 1. The maximum absolute atomic E-state index is 12.0. The molecular weight excluding hydrogens is 297 g/mol. The van der Waals surface area contributed by atoms with Gasteiger partial charge in [-0.2, -0.15) is 13.2 Å². The Kier molecular flexibility index (Phi) is 5.32. The molecule has 0 fully saturated rings. The summed E-state index contributed by atoms with van der Waals surface area (Å²) >= 11 is 0. The van der Waals surface area contributed by atoms with E-state index in [4.69, 9.17) is 4.52 Å².